The molecule has 0 N–H and O–H groups in total. The number of rotatable bonds is 5. The third-order valence-electron chi connectivity index (χ3n) is 3.02. The van der Waals surface area contributed by atoms with Crippen molar-refractivity contribution in [3.63, 3.8) is 0 Å². The first-order chi connectivity index (χ1) is 8.31. The van der Waals surface area contributed by atoms with Gasteiger partial charge in [-0.05, 0) is 25.3 Å². The minimum absolute atomic E-state index is 0.811. The Labute approximate surface area is 102 Å². The second-order valence-electron chi connectivity index (χ2n) is 4.37. The number of unbranched alkanes of at least 4 members (excludes halogenated alkanes) is 1. The molecule has 1 aromatic carbocycles. The van der Waals surface area contributed by atoms with Gasteiger partial charge in [-0.25, -0.2) is 4.68 Å². The number of aromatic nitrogens is 3. The molecule has 90 valence electrons. The summed E-state index contributed by atoms with van der Waals surface area (Å²) in [7, 11) is 0. The molecule has 0 bridgehead atoms. The lowest BCUT2D eigenvalue weighted by molar-refractivity contribution is 0.633. The summed E-state index contributed by atoms with van der Waals surface area (Å²) in [5.41, 5.74) is 3.60. The van der Waals surface area contributed by atoms with Crippen LogP contribution in [-0.2, 0) is 13.0 Å². The number of nitrogens with zero attached hydrogens (tertiary/aromatic N) is 3. The van der Waals surface area contributed by atoms with Crippen LogP contribution >= 0.6 is 0 Å². The van der Waals surface area contributed by atoms with Crippen molar-refractivity contribution in [3.05, 3.63) is 47.3 Å². The molecule has 0 amide bonds. The lowest BCUT2D eigenvalue weighted by Crippen LogP contribution is -2.04. The molecule has 0 aliphatic heterocycles. The van der Waals surface area contributed by atoms with Crippen LogP contribution in [0.2, 0.25) is 0 Å². The van der Waals surface area contributed by atoms with Gasteiger partial charge in [0.25, 0.3) is 0 Å². The van der Waals surface area contributed by atoms with E-state index in [-0.39, 0.29) is 0 Å². The SMILES string of the molecule is CCCCc1nnn(Cc2ccccc2)c1C. The highest BCUT2D eigenvalue weighted by Gasteiger charge is 2.07. The summed E-state index contributed by atoms with van der Waals surface area (Å²) < 4.78 is 1.99. The highest BCUT2D eigenvalue weighted by Crippen LogP contribution is 2.10. The Morgan fingerprint density at radius 2 is 1.94 bits per heavy atom. The fourth-order valence-electron chi connectivity index (χ4n) is 1.88. The summed E-state index contributed by atoms with van der Waals surface area (Å²) in [5.74, 6) is 0. The molecule has 1 aromatic heterocycles. The number of hydrogen-bond acceptors (Lipinski definition) is 2. The van der Waals surface area contributed by atoms with Gasteiger partial charge in [-0.15, -0.1) is 5.10 Å². The molecule has 2 aromatic rings. The Balaban J connectivity index is 2.09. The molecule has 0 aliphatic rings. The van der Waals surface area contributed by atoms with E-state index in [9.17, 15) is 0 Å². The Morgan fingerprint density at radius 3 is 2.65 bits per heavy atom. The van der Waals surface area contributed by atoms with E-state index in [0.717, 1.165) is 18.7 Å². The summed E-state index contributed by atoms with van der Waals surface area (Å²) >= 11 is 0. The standard InChI is InChI=1S/C14H19N3/c1-3-4-10-14-12(2)17(16-15-14)11-13-8-6-5-7-9-13/h5-9H,3-4,10-11H2,1-2H3. The molecule has 17 heavy (non-hydrogen) atoms. The second kappa shape index (κ2) is 5.62. The predicted molar refractivity (Wildman–Crippen MR) is 68.9 cm³/mol. The molecule has 0 spiro atoms. The van der Waals surface area contributed by atoms with Gasteiger partial charge in [0.05, 0.1) is 17.9 Å². The maximum absolute atomic E-state index is 4.26. The van der Waals surface area contributed by atoms with Gasteiger partial charge < -0.3 is 0 Å². The Bertz CT molecular complexity index is 460. The Kier molecular flexibility index (Phi) is 3.91. The monoisotopic (exact) mass is 229 g/mol. The molecule has 0 saturated heterocycles. The molecular weight excluding hydrogens is 210 g/mol. The zero-order valence-corrected chi connectivity index (χ0v) is 10.6. The minimum Gasteiger partial charge on any atom is -0.245 e. The van der Waals surface area contributed by atoms with E-state index in [4.69, 9.17) is 0 Å². The van der Waals surface area contributed by atoms with Gasteiger partial charge in [-0.3, -0.25) is 0 Å². The molecule has 0 radical (unpaired) electrons. The van der Waals surface area contributed by atoms with E-state index < -0.39 is 0 Å². The van der Waals surface area contributed by atoms with Crippen LogP contribution in [0.1, 0.15) is 36.7 Å². The largest absolute Gasteiger partial charge is 0.245 e. The van der Waals surface area contributed by atoms with E-state index in [1.54, 1.807) is 0 Å². The number of hydrogen-bond donors (Lipinski definition) is 0. The molecule has 0 fully saturated rings. The average Bonchev–Trinajstić information content (AvgIpc) is 2.70. The molecule has 0 atom stereocenters. The third kappa shape index (κ3) is 2.93. The average molecular weight is 229 g/mol. The Morgan fingerprint density at radius 1 is 1.18 bits per heavy atom. The third-order valence-corrected chi connectivity index (χ3v) is 3.02. The summed E-state index contributed by atoms with van der Waals surface area (Å²) in [6.07, 6.45) is 3.42. The van der Waals surface area contributed by atoms with E-state index >= 15 is 0 Å². The van der Waals surface area contributed by atoms with E-state index in [1.165, 1.54) is 24.1 Å². The summed E-state index contributed by atoms with van der Waals surface area (Å²) in [6.45, 7) is 5.11. The van der Waals surface area contributed by atoms with Crippen molar-refractivity contribution in [2.45, 2.75) is 39.7 Å². The Hall–Kier alpha value is -1.64. The molecule has 3 heteroatoms. The highest BCUT2D eigenvalue weighted by molar-refractivity contribution is 5.16. The minimum atomic E-state index is 0.811. The first kappa shape index (κ1) is 11.8. The van der Waals surface area contributed by atoms with Crippen molar-refractivity contribution in [2.24, 2.45) is 0 Å². The van der Waals surface area contributed by atoms with Gasteiger partial charge in [-0.2, -0.15) is 0 Å². The molecule has 1 heterocycles. The molecular formula is C14H19N3. The van der Waals surface area contributed by atoms with Gasteiger partial charge >= 0.3 is 0 Å². The van der Waals surface area contributed by atoms with Crippen LogP contribution in [-0.4, -0.2) is 15.0 Å². The molecule has 0 aliphatic carbocycles. The van der Waals surface area contributed by atoms with Crippen molar-refractivity contribution in [3.8, 4) is 0 Å². The quantitative estimate of drug-likeness (QED) is 0.789. The lowest BCUT2D eigenvalue weighted by Gasteiger charge is -2.03. The normalized spacial score (nSPS) is 10.7. The zero-order chi connectivity index (χ0) is 12.1. The van der Waals surface area contributed by atoms with Crippen LogP contribution in [0.3, 0.4) is 0 Å². The van der Waals surface area contributed by atoms with Gasteiger partial charge in [0.15, 0.2) is 0 Å². The van der Waals surface area contributed by atoms with E-state index in [0.29, 0.717) is 0 Å². The fourth-order valence-corrected chi connectivity index (χ4v) is 1.88. The first-order valence-corrected chi connectivity index (χ1v) is 6.24. The predicted octanol–water partition coefficient (Wildman–Crippen LogP) is 2.98. The van der Waals surface area contributed by atoms with Crippen LogP contribution in [0.4, 0.5) is 0 Å². The van der Waals surface area contributed by atoms with Crippen molar-refractivity contribution >= 4 is 0 Å². The molecule has 2 rings (SSSR count). The maximum Gasteiger partial charge on any atom is 0.0856 e. The number of benzene rings is 1. The van der Waals surface area contributed by atoms with Crippen LogP contribution < -0.4 is 0 Å². The van der Waals surface area contributed by atoms with Gasteiger partial charge in [0.2, 0.25) is 0 Å². The van der Waals surface area contributed by atoms with E-state index in [1.807, 2.05) is 10.7 Å². The van der Waals surface area contributed by atoms with E-state index in [2.05, 4.69) is 48.4 Å². The maximum atomic E-state index is 4.26. The van der Waals surface area contributed by atoms with Crippen molar-refractivity contribution in [1.82, 2.24) is 15.0 Å². The smallest absolute Gasteiger partial charge is 0.0856 e. The summed E-state index contributed by atoms with van der Waals surface area (Å²) in [4.78, 5) is 0. The molecule has 3 nitrogen and oxygen atoms in total. The fraction of sp³-hybridized carbons (Fsp3) is 0.429. The first-order valence-electron chi connectivity index (χ1n) is 6.24. The highest BCUT2D eigenvalue weighted by atomic mass is 15.4. The van der Waals surface area contributed by atoms with Gasteiger partial charge in [-0.1, -0.05) is 48.9 Å². The molecule has 0 saturated carbocycles. The topological polar surface area (TPSA) is 30.7 Å². The van der Waals surface area contributed by atoms with Crippen molar-refractivity contribution < 1.29 is 0 Å². The van der Waals surface area contributed by atoms with Gasteiger partial charge in [0, 0.05) is 0 Å². The molecule has 0 unspecified atom stereocenters. The van der Waals surface area contributed by atoms with Crippen molar-refractivity contribution in [2.75, 3.05) is 0 Å². The number of aryl methyl sites for hydroxylation is 1. The summed E-state index contributed by atoms with van der Waals surface area (Å²) in [5, 5.41) is 8.49. The van der Waals surface area contributed by atoms with Crippen LogP contribution in [0.15, 0.2) is 30.3 Å². The lowest BCUT2D eigenvalue weighted by atomic mass is 10.2. The summed E-state index contributed by atoms with van der Waals surface area (Å²) in [6, 6.07) is 10.4. The zero-order valence-electron chi connectivity index (χ0n) is 10.6. The van der Waals surface area contributed by atoms with Crippen LogP contribution in [0.5, 0.6) is 0 Å². The van der Waals surface area contributed by atoms with Crippen LogP contribution in [0.25, 0.3) is 0 Å². The van der Waals surface area contributed by atoms with Crippen LogP contribution in [0, 0.1) is 6.92 Å². The van der Waals surface area contributed by atoms with Gasteiger partial charge in [0.1, 0.15) is 0 Å². The van der Waals surface area contributed by atoms with Crippen molar-refractivity contribution in [1.29, 1.82) is 0 Å². The second-order valence-corrected chi connectivity index (χ2v) is 4.37.